The second-order valence-corrected chi connectivity index (χ2v) is 6.13. The molecule has 0 saturated heterocycles. The molecule has 1 aromatic carbocycles. The fourth-order valence-electron chi connectivity index (χ4n) is 2.75. The second kappa shape index (κ2) is 5.87. The van der Waals surface area contributed by atoms with Gasteiger partial charge in [-0.3, -0.25) is 4.99 Å². The molecule has 2 rings (SSSR count). The zero-order valence-corrected chi connectivity index (χ0v) is 12.7. The van der Waals surface area contributed by atoms with E-state index in [2.05, 4.69) is 57.0 Å². The van der Waals surface area contributed by atoms with Gasteiger partial charge < -0.3 is 4.90 Å². The third kappa shape index (κ3) is 3.44. The van der Waals surface area contributed by atoms with Gasteiger partial charge in [0.05, 0.1) is 5.69 Å². The van der Waals surface area contributed by atoms with Crippen molar-refractivity contribution in [3.63, 3.8) is 0 Å². The Bertz CT molecular complexity index is 456. The van der Waals surface area contributed by atoms with Crippen molar-refractivity contribution in [1.82, 2.24) is 4.90 Å². The standard InChI is InChI=1S/C17H26N2/c1-5-19(6-2)11-10-14-8-7-9-15-12-17(3,4)13-18-16(14)15/h7-9,13H,5-6,10-12H2,1-4H3. The molecule has 1 heterocycles. The van der Waals surface area contributed by atoms with Crippen molar-refractivity contribution in [2.24, 2.45) is 10.4 Å². The Morgan fingerprint density at radius 3 is 2.63 bits per heavy atom. The zero-order chi connectivity index (χ0) is 13.9. The van der Waals surface area contributed by atoms with E-state index in [0.717, 1.165) is 32.5 Å². The van der Waals surface area contributed by atoms with Crippen molar-refractivity contribution in [3.8, 4) is 0 Å². The van der Waals surface area contributed by atoms with Crippen LogP contribution in [0.4, 0.5) is 5.69 Å². The van der Waals surface area contributed by atoms with Crippen LogP contribution in [0.25, 0.3) is 0 Å². The minimum absolute atomic E-state index is 0.199. The van der Waals surface area contributed by atoms with Crippen LogP contribution in [0.3, 0.4) is 0 Å². The van der Waals surface area contributed by atoms with E-state index >= 15 is 0 Å². The van der Waals surface area contributed by atoms with Crippen LogP contribution < -0.4 is 0 Å². The highest BCUT2D eigenvalue weighted by Crippen LogP contribution is 2.34. The molecular formula is C17H26N2. The van der Waals surface area contributed by atoms with E-state index in [1.807, 2.05) is 0 Å². The number of benzene rings is 1. The predicted molar refractivity (Wildman–Crippen MR) is 83.6 cm³/mol. The van der Waals surface area contributed by atoms with Gasteiger partial charge in [0.2, 0.25) is 0 Å². The lowest BCUT2D eigenvalue weighted by molar-refractivity contribution is 0.308. The molecule has 0 fully saturated rings. The van der Waals surface area contributed by atoms with E-state index in [4.69, 9.17) is 4.99 Å². The first-order chi connectivity index (χ1) is 9.05. The molecule has 0 bridgehead atoms. The maximum absolute atomic E-state index is 4.73. The third-order valence-electron chi connectivity index (χ3n) is 3.98. The van der Waals surface area contributed by atoms with Gasteiger partial charge in [-0.1, -0.05) is 45.9 Å². The van der Waals surface area contributed by atoms with Crippen LogP contribution in [0, 0.1) is 5.41 Å². The molecule has 0 aliphatic carbocycles. The summed E-state index contributed by atoms with van der Waals surface area (Å²) in [5.74, 6) is 0. The number of para-hydroxylation sites is 1. The van der Waals surface area contributed by atoms with Crippen molar-refractivity contribution >= 4 is 11.9 Å². The fourth-order valence-corrected chi connectivity index (χ4v) is 2.75. The summed E-state index contributed by atoms with van der Waals surface area (Å²) in [5, 5.41) is 0. The Balaban J connectivity index is 2.15. The minimum Gasteiger partial charge on any atom is -0.304 e. The summed E-state index contributed by atoms with van der Waals surface area (Å²) in [6.07, 6.45) is 4.32. The summed E-state index contributed by atoms with van der Waals surface area (Å²) in [6, 6.07) is 6.65. The van der Waals surface area contributed by atoms with E-state index in [0.29, 0.717) is 0 Å². The number of fused-ring (bicyclic) bond motifs is 1. The van der Waals surface area contributed by atoms with Gasteiger partial charge in [-0.25, -0.2) is 0 Å². The first-order valence-corrected chi connectivity index (χ1v) is 7.44. The second-order valence-electron chi connectivity index (χ2n) is 6.13. The highest BCUT2D eigenvalue weighted by molar-refractivity contribution is 5.75. The number of hydrogen-bond donors (Lipinski definition) is 0. The van der Waals surface area contributed by atoms with E-state index in [1.54, 1.807) is 0 Å². The molecule has 1 aromatic rings. The molecule has 104 valence electrons. The molecule has 1 aliphatic heterocycles. The van der Waals surface area contributed by atoms with E-state index in [9.17, 15) is 0 Å². The molecule has 19 heavy (non-hydrogen) atoms. The van der Waals surface area contributed by atoms with E-state index < -0.39 is 0 Å². The zero-order valence-electron chi connectivity index (χ0n) is 12.7. The highest BCUT2D eigenvalue weighted by atomic mass is 15.1. The predicted octanol–water partition coefficient (Wildman–Crippen LogP) is 3.86. The van der Waals surface area contributed by atoms with E-state index in [-0.39, 0.29) is 5.41 Å². The molecule has 0 unspecified atom stereocenters. The Hall–Kier alpha value is -1.15. The van der Waals surface area contributed by atoms with Gasteiger partial charge in [0.25, 0.3) is 0 Å². The van der Waals surface area contributed by atoms with Gasteiger partial charge in [-0.2, -0.15) is 0 Å². The summed E-state index contributed by atoms with van der Waals surface area (Å²) in [5.41, 5.74) is 4.24. The Morgan fingerprint density at radius 1 is 1.21 bits per heavy atom. The Kier molecular flexibility index (Phi) is 4.41. The maximum atomic E-state index is 4.73. The number of rotatable bonds is 5. The lowest BCUT2D eigenvalue weighted by Gasteiger charge is -2.26. The smallest absolute Gasteiger partial charge is 0.0690 e. The molecule has 0 saturated carbocycles. The first kappa shape index (κ1) is 14.3. The summed E-state index contributed by atoms with van der Waals surface area (Å²) in [7, 11) is 0. The van der Waals surface area contributed by atoms with Crippen molar-refractivity contribution in [2.45, 2.75) is 40.5 Å². The molecule has 0 amide bonds. The van der Waals surface area contributed by atoms with Crippen LogP contribution in [0.1, 0.15) is 38.8 Å². The summed E-state index contributed by atoms with van der Waals surface area (Å²) in [6.45, 7) is 12.3. The van der Waals surface area contributed by atoms with Crippen LogP contribution in [0.5, 0.6) is 0 Å². The number of likely N-dealkylation sites (N-methyl/N-ethyl adjacent to an activating group) is 1. The average Bonchev–Trinajstić information content (AvgIpc) is 2.38. The lowest BCUT2D eigenvalue weighted by atomic mass is 9.83. The Morgan fingerprint density at radius 2 is 1.95 bits per heavy atom. The van der Waals surface area contributed by atoms with Crippen LogP contribution in [-0.4, -0.2) is 30.7 Å². The van der Waals surface area contributed by atoms with Gasteiger partial charge in [0.1, 0.15) is 0 Å². The maximum Gasteiger partial charge on any atom is 0.0690 e. The van der Waals surface area contributed by atoms with Gasteiger partial charge in [0, 0.05) is 18.2 Å². The van der Waals surface area contributed by atoms with Gasteiger partial charge in [0.15, 0.2) is 0 Å². The minimum atomic E-state index is 0.199. The molecule has 2 heteroatoms. The summed E-state index contributed by atoms with van der Waals surface area (Å²) in [4.78, 5) is 7.20. The quantitative estimate of drug-likeness (QED) is 0.783. The number of hydrogen-bond acceptors (Lipinski definition) is 2. The van der Waals surface area contributed by atoms with Gasteiger partial charge in [-0.05, 0) is 37.1 Å². The van der Waals surface area contributed by atoms with E-state index in [1.165, 1.54) is 16.8 Å². The van der Waals surface area contributed by atoms with Crippen molar-refractivity contribution in [3.05, 3.63) is 29.3 Å². The van der Waals surface area contributed by atoms with Crippen LogP contribution in [0.2, 0.25) is 0 Å². The SMILES string of the molecule is CCN(CC)CCc1cccc2c1N=CC(C)(C)C2. The van der Waals surface area contributed by atoms with Crippen molar-refractivity contribution in [2.75, 3.05) is 19.6 Å². The Labute approximate surface area is 117 Å². The first-order valence-electron chi connectivity index (χ1n) is 7.44. The normalized spacial score (nSPS) is 16.7. The van der Waals surface area contributed by atoms with Gasteiger partial charge >= 0.3 is 0 Å². The lowest BCUT2D eigenvalue weighted by Crippen LogP contribution is -2.25. The topological polar surface area (TPSA) is 15.6 Å². The highest BCUT2D eigenvalue weighted by Gasteiger charge is 2.23. The number of nitrogens with zero attached hydrogens (tertiary/aromatic N) is 2. The molecular weight excluding hydrogens is 232 g/mol. The number of aliphatic imine (C=N–C) groups is 1. The molecule has 0 N–H and O–H groups in total. The van der Waals surface area contributed by atoms with Crippen LogP contribution in [-0.2, 0) is 12.8 Å². The molecule has 0 spiro atoms. The third-order valence-corrected chi connectivity index (χ3v) is 3.98. The van der Waals surface area contributed by atoms with Crippen LogP contribution in [0.15, 0.2) is 23.2 Å². The molecule has 1 aliphatic rings. The molecule has 0 atom stereocenters. The van der Waals surface area contributed by atoms with Crippen molar-refractivity contribution in [1.29, 1.82) is 0 Å². The summed E-state index contributed by atoms with van der Waals surface area (Å²) >= 11 is 0. The summed E-state index contributed by atoms with van der Waals surface area (Å²) < 4.78 is 0. The molecule has 2 nitrogen and oxygen atoms in total. The largest absolute Gasteiger partial charge is 0.304 e. The van der Waals surface area contributed by atoms with Gasteiger partial charge in [-0.15, -0.1) is 0 Å². The van der Waals surface area contributed by atoms with Crippen LogP contribution >= 0.6 is 0 Å². The molecule has 0 aromatic heterocycles. The molecule has 0 radical (unpaired) electrons. The average molecular weight is 258 g/mol. The monoisotopic (exact) mass is 258 g/mol. The fraction of sp³-hybridized carbons (Fsp3) is 0.588. The van der Waals surface area contributed by atoms with Crippen molar-refractivity contribution < 1.29 is 0 Å².